The van der Waals surface area contributed by atoms with E-state index in [-0.39, 0.29) is 71.7 Å². The zero-order valence-electron chi connectivity index (χ0n) is 36.9. The van der Waals surface area contributed by atoms with E-state index in [9.17, 15) is 32.5 Å². The van der Waals surface area contributed by atoms with Gasteiger partial charge in [-0.25, -0.2) is 26.8 Å². The molecule has 0 saturated heterocycles. The third-order valence-electron chi connectivity index (χ3n) is 9.98. The van der Waals surface area contributed by atoms with Crippen LogP contribution in [0.25, 0.3) is 0 Å². The molecule has 364 valence electrons. The molecule has 0 spiro atoms. The number of rotatable bonds is 16. The number of sulfone groups is 2. The Morgan fingerprint density at radius 1 is 0.632 bits per heavy atom. The Morgan fingerprint density at radius 3 is 1.40 bits per heavy atom. The van der Waals surface area contributed by atoms with Crippen molar-refractivity contribution in [2.45, 2.75) is 68.5 Å². The SMILES string of the molecule is C.CC(C)(c1ccc(O)cc1)c1cc(Cl)c(OCCCl)c(C#N)c1.CC(C)(c1ccc(OCc2ocnc2S(C)(=O)=O)cc1)c1cc(Cl)c(OCCCl)c(C#N)c1.CS(=O)(=O)c1ncoc1CCl. The molecule has 0 saturated carbocycles. The van der Waals surface area contributed by atoms with Gasteiger partial charge in [0.15, 0.2) is 65.5 Å². The first-order valence-electron chi connectivity index (χ1n) is 19.7. The monoisotopic (exact) mass is 1070 g/mol. The summed E-state index contributed by atoms with van der Waals surface area (Å²) in [7, 11) is -6.79. The predicted octanol–water partition coefficient (Wildman–Crippen LogP) is 11.4. The Labute approximate surface area is 422 Å². The fraction of sp³-hybridized carbons (Fsp3) is 0.319. The number of ether oxygens (including phenoxy) is 3. The van der Waals surface area contributed by atoms with Crippen LogP contribution in [0, 0.1) is 22.7 Å². The summed E-state index contributed by atoms with van der Waals surface area (Å²) in [6, 6.07) is 25.7. The quantitative estimate of drug-likeness (QED) is 0.0893. The van der Waals surface area contributed by atoms with Crippen LogP contribution in [-0.2, 0) is 43.0 Å². The maximum absolute atomic E-state index is 11.7. The first-order chi connectivity index (χ1) is 31.5. The van der Waals surface area contributed by atoms with Gasteiger partial charge in [-0.05, 0) is 70.8 Å². The molecule has 21 heteroatoms. The van der Waals surface area contributed by atoms with Gasteiger partial charge in [-0.15, -0.1) is 34.8 Å². The standard InChI is InChI=1S/C23H22Cl2N2O5S.C18H17Cl2NO2.C5H6ClNO3S.CH4/c1-23(2,17-10-15(12-26)21(19(25)11-17)30-9-8-24)16-4-6-18(7-5-16)31-13-20-22(27-14-32-20)33(3,28)29;1-18(2,13-3-5-15(22)6-4-13)14-9-12(11-21)17(16(20)10-14)23-8-7-19;1-11(8,9)5-4(2-6)10-3-7-5;/h4-7,10-11,14H,8-9,13H2,1-3H3;3-6,9-10,22H,7-8H2,1-2H3;3H,2H2,1H3;1H4. The van der Waals surface area contributed by atoms with E-state index in [0.717, 1.165) is 47.6 Å². The molecular weight excluding hydrogens is 1020 g/mol. The number of nitrogens with zero attached hydrogens (tertiary/aromatic N) is 4. The molecule has 0 aliphatic rings. The molecule has 0 amide bonds. The maximum atomic E-state index is 11.7. The van der Waals surface area contributed by atoms with Gasteiger partial charge in [0, 0.05) is 23.3 Å². The van der Waals surface area contributed by atoms with Crippen LogP contribution in [0.5, 0.6) is 23.0 Å². The molecule has 2 heterocycles. The second-order valence-corrected chi connectivity index (χ2v) is 21.1. The Kier molecular flexibility index (Phi) is 20.9. The molecule has 0 unspecified atom stereocenters. The van der Waals surface area contributed by atoms with Gasteiger partial charge in [-0.3, -0.25) is 0 Å². The highest BCUT2D eigenvalue weighted by atomic mass is 35.5. The van der Waals surface area contributed by atoms with E-state index in [1.165, 1.54) is 0 Å². The Balaban J connectivity index is 0.000000302. The number of nitriles is 2. The Hall–Kier alpha value is -5.17. The molecule has 68 heavy (non-hydrogen) atoms. The van der Waals surface area contributed by atoms with Crippen LogP contribution in [-0.4, -0.2) is 69.4 Å². The summed E-state index contributed by atoms with van der Waals surface area (Å²) >= 11 is 29.4. The maximum Gasteiger partial charge on any atom is 0.200 e. The fourth-order valence-electron chi connectivity index (χ4n) is 6.29. The minimum Gasteiger partial charge on any atom is -0.508 e. The molecule has 6 aromatic rings. The summed E-state index contributed by atoms with van der Waals surface area (Å²) in [6.45, 7) is 8.56. The highest BCUT2D eigenvalue weighted by Crippen LogP contribution is 2.40. The van der Waals surface area contributed by atoms with E-state index in [4.69, 9.17) is 81.0 Å². The largest absolute Gasteiger partial charge is 0.508 e. The molecule has 2 aromatic heterocycles. The molecule has 0 radical (unpaired) electrons. The van der Waals surface area contributed by atoms with Crippen molar-refractivity contribution in [2.75, 3.05) is 37.5 Å². The first kappa shape index (κ1) is 57.1. The van der Waals surface area contributed by atoms with Crippen LogP contribution in [0.3, 0.4) is 0 Å². The summed E-state index contributed by atoms with van der Waals surface area (Å²) in [4.78, 5) is 7.26. The molecule has 0 bridgehead atoms. The van der Waals surface area contributed by atoms with Gasteiger partial charge in [0.05, 0.1) is 38.8 Å². The van der Waals surface area contributed by atoms with E-state index in [1.54, 1.807) is 48.5 Å². The van der Waals surface area contributed by atoms with Crippen LogP contribution in [0.2, 0.25) is 10.0 Å². The van der Waals surface area contributed by atoms with Gasteiger partial charge < -0.3 is 28.2 Å². The minimum absolute atomic E-state index is 0. The molecular formula is C47H49Cl5N4O10S2. The average Bonchev–Trinajstić information content (AvgIpc) is 3.99. The van der Waals surface area contributed by atoms with Crippen LogP contribution >= 0.6 is 58.0 Å². The lowest BCUT2D eigenvalue weighted by Crippen LogP contribution is -2.19. The van der Waals surface area contributed by atoms with Crippen LogP contribution in [0.15, 0.2) is 104 Å². The van der Waals surface area contributed by atoms with Crippen molar-refractivity contribution >= 4 is 77.7 Å². The third-order valence-corrected chi connectivity index (χ3v) is 13.2. The van der Waals surface area contributed by atoms with E-state index in [1.807, 2.05) is 52.0 Å². The van der Waals surface area contributed by atoms with Gasteiger partial charge in [0.1, 0.15) is 43.5 Å². The minimum atomic E-state index is -3.50. The highest BCUT2D eigenvalue weighted by Gasteiger charge is 2.28. The molecule has 0 fully saturated rings. The molecule has 1 N–H and O–H groups in total. The van der Waals surface area contributed by atoms with Crippen LogP contribution < -0.4 is 14.2 Å². The predicted molar refractivity (Wildman–Crippen MR) is 263 cm³/mol. The molecule has 14 nitrogen and oxygen atoms in total. The van der Waals surface area contributed by atoms with E-state index in [2.05, 4.69) is 22.1 Å². The van der Waals surface area contributed by atoms with Crippen molar-refractivity contribution in [3.05, 3.63) is 141 Å². The lowest BCUT2D eigenvalue weighted by molar-refractivity contribution is 0.265. The molecule has 4 aromatic carbocycles. The number of hydrogen-bond acceptors (Lipinski definition) is 14. The number of oxazole rings is 2. The number of phenolic OH excluding ortho intramolecular Hbond substituents is 1. The number of halogens is 5. The van der Waals surface area contributed by atoms with Gasteiger partial charge in [0.2, 0.25) is 0 Å². The number of phenols is 1. The zero-order chi connectivity index (χ0) is 49.7. The Bertz CT molecular complexity index is 2950. The van der Waals surface area contributed by atoms with Crippen molar-refractivity contribution in [1.29, 1.82) is 10.5 Å². The smallest absolute Gasteiger partial charge is 0.200 e. The van der Waals surface area contributed by atoms with Crippen LogP contribution in [0.1, 0.15) is 80.0 Å². The number of aromatic hydroxyl groups is 1. The van der Waals surface area contributed by atoms with Gasteiger partial charge in [-0.2, -0.15) is 10.5 Å². The van der Waals surface area contributed by atoms with Gasteiger partial charge in [-0.1, -0.05) is 82.6 Å². The fourth-order valence-corrected chi connectivity index (χ4v) is 8.78. The molecule has 6 rings (SSSR count). The van der Waals surface area contributed by atoms with Crippen molar-refractivity contribution < 1.29 is 45.0 Å². The molecule has 0 aliphatic carbocycles. The second kappa shape index (κ2) is 24.9. The summed E-state index contributed by atoms with van der Waals surface area (Å²) in [5.41, 5.74) is 3.55. The topological polar surface area (TPSA) is 216 Å². The first-order valence-corrected chi connectivity index (χ1v) is 25.9. The highest BCUT2D eigenvalue weighted by molar-refractivity contribution is 7.91. The lowest BCUT2D eigenvalue weighted by Gasteiger charge is -2.27. The third kappa shape index (κ3) is 14.7. The zero-order valence-corrected chi connectivity index (χ0v) is 42.4. The van der Waals surface area contributed by atoms with E-state index in [0.29, 0.717) is 44.3 Å². The lowest BCUT2D eigenvalue weighted by atomic mass is 9.77. The number of hydrogen-bond donors (Lipinski definition) is 1. The summed E-state index contributed by atoms with van der Waals surface area (Å²) < 4.78 is 71.8. The average molecular weight is 1070 g/mol. The van der Waals surface area contributed by atoms with Crippen molar-refractivity contribution in [3.63, 3.8) is 0 Å². The number of alkyl halides is 3. The van der Waals surface area contributed by atoms with E-state index < -0.39 is 25.1 Å². The van der Waals surface area contributed by atoms with E-state index >= 15 is 0 Å². The van der Waals surface area contributed by atoms with Crippen molar-refractivity contribution in [3.8, 4) is 35.1 Å². The normalized spacial score (nSPS) is 11.4. The van der Waals surface area contributed by atoms with Gasteiger partial charge in [0.25, 0.3) is 0 Å². The number of benzene rings is 4. The van der Waals surface area contributed by atoms with Crippen molar-refractivity contribution in [1.82, 2.24) is 9.97 Å². The Morgan fingerprint density at radius 2 is 1.03 bits per heavy atom. The van der Waals surface area contributed by atoms with Gasteiger partial charge >= 0.3 is 0 Å². The van der Waals surface area contributed by atoms with Crippen molar-refractivity contribution in [2.24, 2.45) is 0 Å². The number of aromatic nitrogens is 2. The second-order valence-electron chi connectivity index (χ2n) is 15.4. The summed E-state index contributed by atoms with van der Waals surface area (Å²) in [6.07, 6.45) is 4.26. The summed E-state index contributed by atoms with van der Waals surface area (Å²) in [5, 5.41) is 28.9. The molecule has 0 aliphatic heterocycles. The summed E-state index contributed by atoms with van der Waals surface area (Å²) in [5.74, 6) is 2.38. The van der Waals surface area contributed by atoms with Crippen LogP contribution in [0.4, 0.5) is 0 Å². The molecule has 0 atom stereocenters.